The third kappa shape index (κ3) is 13.4. The fraction of sp³-hybridized carbons (Fsp3) is 0.697. The number of nitrogens with one attached hydrogen (secondary N) is 4. The van der Waals surface area contributed by atoms with E-state index in [4.69, 9.17) is 0 Å². The molecule has 1 heterocycles. The molecule has 236 valence electrons. The van der Waals surface area contributed by atoms with Crippen molar-refractivity contribution in [2.24, 2.45) is 5.92 Å². The van der Waals surface area contributed by atoms with Gasteiger partial charge in [-0.15, -0.1) is 0 Å². The van der Waals surface area contributed by atoms with Crippen LogP contribution < -0.4 is 16.2 Å². The predicted molar refractivity (Wildman–Crippen MR) is 170 cm³/mol. The molecule has 1 amide bonds. The summed E-state index contributed by atoms with van der Waals surface area (Å²) >= 11 is 0. The minimum Gasteiger partial charge on any atom is -0.481 e. The average molecular weight is 587 g/mol. The number of carbonyl (C=O) groups excluding carboxylic acids is 2. The Morgan fingerprint density at radius 1 is 0.786 bits per heavy atom. The molecule has 0 saturated heterocycles. The van der Waals surface area contributed by atoms with Crippen LogP contribution in [0.25, 0.3) is 10.9 Å². The summed E-state index contributed by atoms with van der Waals surface area (Å²) in [5.74, 6) is -1.92. The molecule has 0 spiro atoms. The molecule has 2 aromatic rings. The molecule has 0 aliphatic heterocycles. The molecule has 42 heavy (non-hydrogen) atoms. The van der Waals surface area contributed by atoms with Crippen LogP contribution in [0.3, 0.4) is 0 Å². The minimum atomic E-state index is -1.13. The van der Waals surface area contributed by atoms with Crippen molar-refractivity contribution in [1.29, 1.82) is 0 Å². The normalized spacial score (nSPS) is 13.0. The van der Waals surface area contributed by atoms with Crippen LogP contribution in [0.15, 0.2) is 23.0 Å². The van der Waals surface area contributed by atoms with E-state index in [0.29, 0.717) is 23.0 Å². The highest BCUT2D eigenvalue weighted by atomic mass is 16.4. The first kappa shape index (κ1) is 35.3. The number of hydrogen-bond acceptors (Lipinski definition) is 5. The van der Waals surface area contributed by atoms with Gasteiger partial charge in [0, 0.05) is 11.6 Å². The Balaban J connectivity index is 1.76. The molecule has 0 aliphatic carbocycles. The van der Waals surface area contributed by atoms with Gasteiger partial charge in [-0.3, -0.25) is 34.7 Å². The van der Waals surface area contributed by atoms with Crippen molar-refractivity contribution in [1.82, 2.24) is 15.5 Å². The van der Waals surface area contributed by atoms with Crippen molar-refractivity contribution in [3.8, 4) is 0 Å². The lowest BCUT2D eigenvalue weighted by atomic mass is 9.95. The Labute approximate surface area is 251 Å². The summed E-state index contributed by atoms with van der Waals surface area (Å²) in [7, 11) is 0. The van der Waals surface area contributed by atoms with E-state index < -0.39 is 30.4 Å². The molecule has 9 heteroatoms. The zero-order valence-electron chi connectivity index (χ0n) is 26.1. The zero-order valence-corrected chi connectivity index (χ0v) is 26.1. The van der Waals surface area contributed by atoms with Crippen LogP contribution in [0.1, 0.15) is 130 Å². The van der Waals surface area contributed by atoms with Crippen molar-refractivity contribution in [2.45, 2.75) is 142 Å². The van der Waals surface area contributed by atoms with Gasteiger partial charge in [0.2, 0.25) is 5.91 Å². The van der Waals surface area contributed by atoms with Crippen molar-refractivity contribution in [3.63, 3.8) is 0 Å². The molecule has 0 radical (unpaired) electrons. The zero-order chi connectivity index (χ0) is 30.7. The number of carbonyl (C=O) groups is 3. The Morgan fingerprint density at radius 2 is 1.33 bits per heavy atom. The van der Waals surface area contributed by atoms with E-state index >= 15 is 0 Å². The molecule has 2 unspecified atom stereocenters. The number of benzene rings is 1. The van der Waals surface area contributed by atoms with E-state index in [1.807, 2.05) is 13.8 Å². The van der Waals surface area contributed by atoms with Gasteiger partial charge in [0.15, 0.2) is 5.78 Å². The van der Waals surface area contributed by atoms with Crippen LogP contribution in [0.2, 0.25) is 0 Å². The lowest BCUT2D eigenvalue weighted by Crippen LogP contribution is -2.50. The third-order valence-corrected chi connectivity index (χ3v) is 7.95. The molecule has 0 saturated carbocycles. The maximum Gasteiger partial charge on any atom is 0.305 e. The van der Waals surface area contributed by atoms with Gasteiger partial charge in [0.1, 0.15) is 0 Å². The number of carboxylic acid groups (broad SMARTS) is 1. The highest BCUT2D eigenvalue weighted by Crippen LogP contribution is 2.17. The van der Waals surface area contributed by atoms with Crippen LogP contribution in [0.4, 0.5) is 5.69 Å². The van der Waals surface area contributed by atoms with Crippen LogP contribution in [0, 0.1) is 5.92 Å². The first-order chi connectivity index (χ1) is 20.2. The summed E-state index contributed by atoms with van der Waals surface area (Å²) < 4.78 is 0. The molecule has 1 aromatic heterocycles. The Morgan fingerprint density at radius 3 is 1.86 bits per heavy atom. The number of ketones is 1. The van der Waals surface area contributed by atoms with Gasteiger partial charge in [-0.1, -0.05) is 117 Å². The SMILES string of the molecule is CCCCCCCCCCCCCCCCCC(NC(CC(=O)O)C(=O)Nc1ccc2c(=O)[nH][nH]c2c1)C(=O)C(C)C. The smallest absolute Gasteiger partial charge is 0.305 e. The summed E-state index contributed by atoms with van der Waals surface area (Å²) in [6, 6.07) is 3.11. The predicted octanol–water partition coefficient (Wildman–Crippen LogP) is 7.08. The Kier molecular flexibility index (Phi) is 16.8. The van der Waals surface area contributed by atoms with Gasteiger partial charge in [0.25, 0.3) is 5.56 Å². The number of aromatic amines is 2. The van der Waals surface area contributed by atoms with E-state index in [2.05, 4.69) is 27.8 Å². The summed E-state index contributed by atoms with van der Waals surface area (Å²) in [6.45, 7) is 5.90. The fourth-order valence-corrected chi connectivity index (χ4v) is 5.42. The monoisotopic (exact) mass is 586 g/mol. The maximum absolute atomic E-state index is 13.1. The number of anilines is 1. The number of aromatic nitrogens is 2. The Bertz CT molecular complexity index is 1140. The average Bonchev–Trinajstić information content (AvgIpc) is 3.32. The van der Waals surface area contributed by atoms with Gasteiger partial charge < -0.3 is 10.4 Å². The molecular formula is C33H54N4O5. The number of H-pyrrole nitrogens is 2. The van der Waals surface area contributed by atoms with E-state index in [1.165, 1.54) is 77.0 Å². The second-order valence-electron chi connectivity index (χ2n) is 12.0. The quantitative estimate of drug-likeness (QED) is 0.0831. The van der Waals surface area contributed by atoms with E-state index in [0.717, 1.165) is 19.3 Å². The summed E-state index contributed by atoms with van der Waals surface area (Å²) in [5.41, 5.74) is 0.692. The molecule has 2 atom stereocenters. The number of Topliss-reactive ketones (excluding diaryl/α,β-unsaturated/α-hetero) is 1. The number of aliphatic carboxylic acids is 1. The van der Waals surface area contributed by atoms with E-state index in [1.54, 1.807) is 18.2 Å². The minimum absolute atomic E-state index is 0.0186. The first-order valence-corrected chi connectivity index (χ1v) is 16.3. The summed E-state index contributed by atoms with van der Waals surface area (Å²) in [5, 5.41) is 21.0. The number of rotatable bonds is 24. The number of fused-ring (bicyclic) bond motifs is 1. The Hall–Kier alpha value is -2.94. The number of amides is 1. The molecule has 0 aliphatic rings. The van der Waals surface area contributed by atoms with Crippen LogP contribution in [-0.4, -0.2) is 45.0 Å². The van der Waals surface area contributed by atoms with Crippen LogP contribution in [0.5, 0.6) is 0 Å². The largest absolute Gasteiger partial charge is 0.481 e. The number of carboxylic acids is 1. The third-order valence-electron chi connectivity index (χ3n) is 7.95. The van der Waals surface area contributed by atoms with Crippen molar-refractivity contribution >= 4 is 34.3 Å². The number of unbranched alkanes of at least 4 members (excludes halogenated alkanes) is 14. The molecule has 0 bridgehead atoms. The van der Waals surface area contributed by atoms with Gasteiger partial charge in [-0.2, -0.15) is 0 Å². The first-order valence-electron chi connectivity index (χ1n) is 16.3. The lowest BCUT2D eigenvalue weighted by Gasteiger charge is -2.25. The molecule has 1 aromatic carbocycles. The second-order valence-corrected chi connectivity index (χ2v) is 12.0. The van der Waals surface area contributed by atoms with Crippen molar-refractivity contribution in [3.05, 3.63) is 28.6 Å². The molecule has 5 N–H and O–H groups in total. The van der Waals surface area contributed by atoms with Crippen molar-refractivity contribution in [2.75, 3.05) is 5.32 Å². The van der Waals surface area contributed by atoms with E-state index in [-0.39, 0.29) is 17.3 Å². The highest BCUT2D eigenvalue weighted by molar-refractivity contribution is 5.99. The molecule has 9 nitrogen and oxygen atoms in total. The number of hydrogen-bond donors (Lipinski definition) is 5. The topological polar surface area (TPSA) is 144 Å². The van der Waals surface area contributed by atoms with Gasteiger partial charge in [-0.05, 0) is 24.6 Å². The molecular weight excluding hydrogens is 532 g/mol. The summed E-state index contributed by atoms with van der Waals surface area (Å²) in [6.07, 6.45) is 19.0. The molecule has 2 rings (SSSR count). The lowest BCUT2D eigenvalue weighted by molar-refractivity contribution is -0.139. The van der Waals surface area contributed by atoms with Gasteiger partial charge in [0.05, 0.1) is 29.4 Å². The van der Waals surface area contributed by atoms with Gasteiger partial charge >= 0.3 is 5.97 Å². The maximum atomic E-state index is 13.1. The highest BCUT2D eigenvalue weighted by Gasteiger charge is 2.29. The summed E-state index contributed by atoms with van der Waals surface area (Å²) in [4.78, 5) is 49.4. The van der Waals surface area contributed by atoms with Crippen LogP contribution in [-0.2, 0) is 14.4 Å². The van der Waals surface area contributed by atoms with E-state index in [9.17, 15) is 24.3 Å². The van der Waals surface area contributed by atoms with Crippen molar-refractivity contribution < 1.29 is 19.5 Å². The second kappa shape index (κ2) is 20.1. The van der Waals surface area contributed by atoms with Crippen LogP contribution >= 0.6 is 0 Å². The molecule has 0 fully saturated rings. The van der Waals surface area contributed by atoms with Gasteiger partial charge in [-0.25, -0.2) is 0 Å². The fourth-order valence-electron chi connectivity index (χ4n) is 5.42. The standard InChI is InChI=1S/C33H54N4O5/c1-4-5-6-7-8-9-10-11-12-13-14-15-16-17-18-19-27(31(40)24(2)3)35-29(23-30(38)39)33(42)34-25-20-21-26-28(22-25)36-37-32(26)41/h20-22,24,27,29,35H,4-19,23H2,1-3H3,(H,34,42)(H,38,39)(H2,36,37,41).